The van der Waals surface area contributed by atoms with E-state index in [-0.39, 0.29) is 22.7 Å². The van der Waals surface area contributed by atoms with Gasteiger partial charge in [-0.05, 0) is 37.5 Å². The predicted molar refractivity (Wildman–Crippen MR) is 97.9 cm³/mol. The molecule has 1 heterocycles. The van der Waals surface area contributed by atoms with Crippen molar-refractivity contribution in [1.82, 2.24) is 9.88 Å². The van der Waals surface area contributed by atoms with Crippen LogP contribution in [-0.2, 0) is 16.8 Å². The first-order valence-electron chi connectivity index (χ1n) is 8.18. The second kappa shape index (κ2) is 7.11. The van der Waals surface area contributed by atoms with E-state index in [4.69, 9.17) is 11.6 Å². The van der Waals surface area contributed by atoms with Crippen LogP contribution in [0, 0.1) is 6.92 Å². The molecule has 0 atom stereocenters. The normalized spacial score (nSPS) is 16.2. The Hall–Kier alpha value is -1.59. The lowest BCUT2D eigenvalue weighted by Crippen LogP contribution is -2.41. The van der Waals surface area contributed by atoms with E-state index in [0.29, 0.717) is 6.54 Å². The number of amides is 1. The lowest BCUT2D eigenvalue weighted by molar-refractivity contribution is -0.122. The van der Waals surface area contributed by atoms with Gasteiger partial charge in [0.15, 0.2) is 0 Å². The molecule has 6 heteroatoms. The van der Waals surface area contributed by atoms with Gasteiger partial charge in [0.1, 0.15) is 6.54 Å². The number of carbonyl (C=O) groups is 1. The summed E-state index contributed by atoms with van der Waals surface area (Å²) in [5.41, 5.74) is 1.97. The minimum Gasteiger partial charge on any atom is -0.354 e. The van der Waals surface area contributed by atoms with Crippen LogP contribution in [0.15, 0.2) is 34.4 Å². The molecule has 3 rings (SSSR count). The molecule has 4 nitrogen and oxygen atoms in total. The standard InChI is InChI=1S/C18H21ClN2O2S/c1-13-11-24-17(23)21(13)10-16(22)20-12-18(7-2-3-8-18)14-5-4-6-15(19)9-14/h4-6,9,11H,2-3,7-8,10,12H2,1H3,(H,20,22). The Labute approximate surface area is 150 Å². The van der Waals surface area contributed by atoms with E-state index < -0.39 is 0 Å². The van der Waals surface area contributed by atoms with E-state index in [9.17, 15) is 9.59 Å². The fourth-order valence-electron chi connectivity index (χ4n) is 3.50. The monoisotopic (exact) mass is 364 g/mol. The molecule has 24 heavy (non-hydrogen) atoms. The van der Waals surface area contributed by atoms with Gasteiger partial charge in [0.05, 0.1) is 0 Å². The van der Waals surface area contributed by atoms with Gasteiger partial charge in [-0.15, -0.1) is 0 Å². The maximum Gasteiger partial charge on any atom is 0.307 e. The number of nitrogens with one attached hydrogen (secondary N) is 1. The van der Waals surface area contributed by atoms with Crippen LogP contribution < -0.4 is 10.2 Å². The summed E-state index contributed by atoms with van der Waals surface area (Å²) in [6.45, 7) is 2.51. The molecule has 0 unspecified atom stereocenters. The van der Waals surface area contributed by atoms with Gasteiger partial charge in [-0.2, -0.15) is 0 Å². The number of rotatable bonds is 5. The number of nitrogens with zero attached hydrogens (tertiary/aromatic N) is 1. The van der Waals surface area contributed by atoms with Crippen molar-refractivity contribution >= 4 is 28.8 Å². The number of thiazole rings is 1. The Bertz CT molecular complexity index is 790. The summed E-state index contributed by atoms with van der Waals surface area (Å²) in [6, 6.07) is 7.94. The van der Waals surface area contributed by atoms with Crippen LogP contribution in [-0.4, -0.2) is 17.0 Å². The van der Waals surface area contributed by atoms with E-state index in [1.165, 1.54) is 10.1 Å². The molecule has 128 valence electrons. The Morgan fingerprint density at radius 3 is 2.75 bits per heavy atom. The topological polar surface area (TPSA) is 51.1 Å². The van der Waals surface area contributed by atoms with Crippen LogP contribution >= 0.6 is 22.9 Å². The van der Waals surface area contributed by atoms with Crippen LogP contribution in [0.3, 0.4) is 0 Å². The number of carbonyl (C=O) groups excluding carboxylic acids is 1. The number of halogens is 1. The van der Waals surface area contributed by atoms with Crippen molar-refractivity contribution in [2.45, 2.75) is 44.6 Å². The van der Waals surface area contributed by atoms with Gasteiger partial charge >= 0.3 is 4.87 Å². The number of aryl methyl sites for hydroxylation is 1. The third kappa shape index (κ3) is 3.57. The van der Waals surface area contributed by atoms with Crippen molar-refractivity contribution in [3.05, 3.63) is 55.6 Å². The van der Waals surface area contributed by atoms with Crippen LogP contribution in [0.1, 0.15) is 36.9 Å². The number of aromatic nitrogens is 1. The van der Waals surface area contributed by atoms with Gasteiger partial charge in [-0.3, -0.25) is 14.2 Å². The van der Waals surface area contributed by atoms with Crippen molar-refractivity contribution in [3.63, 3.8) is 0 Å². The third-order valence-corrected chi connectivity index (χ3v) is 6.02. The summed E-state index contributed by atoms with van der Waals surface area (Å²) < 4.78 is 1.51. The maximum atomic E-state index is 12.3. The SMILES string of the molecule is Cc1csc(=O)n1CC(=O)NCC1(c2cccc(Cl)c2)CCCC1. The minimum absolute atomic E-state index is 0.0464. The molecule has 2 aromatic rings. The smallest absolute Gasteiger partial charge is 0.307 e. The highest BCUT2D eigenvalue weighted by Gasteiger charge is 2.36. The van der Waals surface area contributed by atoms with E-state index in [0.717, 1.165) is 47.7 Å². The largest absolute Gasteiger partial charge is 0.354 e. The summed E-state index contributed by atoms with van der Waals surface area (Å²) in [4.78, 5) is 24.0. The molecule has 0 bridgehead atoms. The molecular weight excluding hydrogens is 344 g/mol. The first-order chi connectivity index (χ1) is 11.5. The average Bonchev–Trinajstić information content (AvgIpc) is 3.16. The fraction of sp³-hybridized carbons (Fsp3) is 0.444. The molecule has 1 aromatic carbocycles. The molecule has 1 saturated carbocycles. The molecule has 1 aliphatic carbocycles. The molecule has 0 spiro atoms. The molecule has 1 amide bonds. The first kappa shape index (κ1) is 17.2. The molecule has 1 aliphatic rings. The Morgan fingerprint density at radius 2 is 2.12 bits per heavy atom. The number of benzene rings is 1. The van der Waals surface area contributed by atoms with Crippen molar-refractivity contribution < 1.29 is 4.79 Å². The third-order valence-electron chi connectivity index (χ3n) is 4.90. The van der Waals surface area contributed by atoms with Crippen molar-refractivity contribution in [2.24, 2.45) is 0 Å². The van der Waals surface area contributed by atoms with Gasteiger partial charge in [-0.25, -0.2) is 0 Å². The van der Waals surface area contributed by atoms with Gasteiger partial charge < -0.3 is 5.32 Å². The lowest BCUT2D eigenvalue weighted by atomic mass is 9.79. The van der Waals surface area contributed by atoms with Crippen molar-refractivity contribution in [3.8, 4) is 0 Å². The van der Waals surface area contributed by atoms with Crippen LogP contribution in [0.4, 0.5) is 0 Å². The molecule has 1 N–H and O–H groups in total. The van der Waals surface area contributed by atoms with E-state index in [1.54, 1.807) is 5.38 Å². The summed E-state index contributed by atoms with van der Waals surface area (Å²) in [5.74, 6) is -0.119. The average molecular weight is 365 g/mol. The van der Waals surface area contributed by atoms with Crippen molar-refractivity contribution in [2.75, 3.05) is 6.54 Å². The Kier molecular flexibility index (Phi) is 5.11. The fourth-order valence-corrected chi connectivity index (χ4v) is 4.43. The molecular formula is C18H21ClN2O2S. The van der Waals surface area contributed by atoms with Crippen molar-refractivity contribution in [1.29, 1.82) is 0 Å². The lowest BCUT2D eigenvalue weighted by Gasteiger charge is -2.30. The van der Waals surface area contributed by atoms with Crippen LogP contribution in [0.25, 0.3) is 0 Å². The highest BCUT2D eigenvalue weighted by molar-refractivity contribution is 7.07. The van der Waals surface area contributed by atoms with Gasteiger partial charge in [0.2, 0.25) is 5.91 Å². The number of hydrogen-bond acceptors (Lipinski definition) is 3. The highest BCUT2D eigenvalue weighted by Crippen LogP contribution is 2.41. The minimum atomic E-state index is -0.119. The summed E-state index contributed by atoms with van der Waals surface area (Å²) in [5, 5.41) is 5.54. The zero-order valence-electron chi connectivity index (χ0n) is 13.7. The zero-order valence-corrected chi connectivity index (χ0v) is 15.3. The van der Waals surface area contributed by atoms with E-state index in [1.807, 2.05) is 25.1 Å². The molecule has 1 fully saturated rings. The number of hydrogen-bond donors (Lipinski definition) is 1. The predicted octanol–water partition coefficient (Wildman–Crippen LogP) is 3.50. The van der Waals surface area contributed by atoms with Gasteiger partial charge in [0, 0.05) is 28.1 Å². The van der Waals surface area contributed by atoms with Gasteiger partial charge in [-0.1, -0.05) is 47.9 Å². The Morgan fingerprint density at radius 1 is 1.38 bits per heavy atom. The zero-order chi connectivity index (χ0) is 17.2. The van der Waals surface area contributed by atoms with Crippen LogP contribution in [0.2, 0.25) is 5.02 Å². The molecule has 0 radical (unpaired) electrons. The second-order valence-corrected chi connectivity index (χ2v) is 7.76. The summed E-state index contributed by atoms with van der Waals surface area (Å²) in [6.07, 6.45) is 4.41. The van der Waals surface area contributed by atoms with E-state index >= 15 is 0 Å². The second-order valence-electron chi connectivity index (χ2n) is 6.50. The molecule has 0 aliphatic heterocycles. The quantitative estimate of drug-likeness (QED) is 0.882. The van der Waals surface area contributed by atoms with E-state index in [2.05, 4.69) is 11.4 Å². The maximum absolute atomic E-state index is 12.3. The molecule has 1 aromatic heterocycles. The van der Waals surface area contributed by atoms with Gasteiger partial charge in [0.25, 0.3) is 0 Å². The summed E-state index contributed by atoms with van der Waals surface area (Å²) in [7, 11) is 0. The highest BCUT2D eigenvalue weighted by atomic mass is 35.5. The summed E-state index contributed by atoms with van der Waals surface area (Å²) >= 11 is 7.28. The molecule has 0 saturated heterocycles. The Balaban J connectivity index is 1.71. The first-order valence-corrected chi connectivity index (χ1v) is 9.44. The van der Waals surface area contributed by atoms with Crippen LogP contribution in [0.5, 0.6) is 0 Å².